The van der Waals surface area contributed by atoms with Crippen LogP contribution in [0, 0.1) is 5.82 Å². The number of para-hydroxylation sites is 1. The summed E-state index contributed by atoms with van der Waals surface area (Å²) in [5.74, 6) is -0.187. The molecule has 1 heterocycles. The number of carbonyl (C=O) groups is 1. The van der Waals surface area contributed by atoms with Gasteiger partial charge in [0.25, 0.3) is 5.91 Å². The van der Waals surface area contributed by atoms with Crippen LogP contribution >= 0.6 is 0 Å². The maximum atomic E-state index is 13.1. The van der Waals surface area contributed by atoms with Crippen LogP contribution in [0.5, 0.6) is 5.75 Å². The number of piperazine rings is 1. The Labute approximate surface area is 166 Å². The van der Waals surface area contributed by atoms with Crippen LogP contribution in [0.3, 0.4) is 0 Å². The molecule has 5 nitrogen and oxygen atoms in total. The summed E-state index contributed by atoms with van der Waals surface area (Å²) in [5, 5.41) is 2.85. The number of carbonyl (C=O) groups excluding carboxylic acids is 1. The Kier molecular flexibility index (Phi) is 7.67. The minimum absolute atomic E-state index is 0.0924. The SMILES string of the molecule is O=C(COc1cccc(F)c1)NCCCCN1CCN(c2ccccc2)CC1. The van der Waals surface area contributed by atoms with Crippen LogP contribution < -0.4 is 15.0 Å². The van der Waals surface area contributed by atoms with Gasteiger partial charge in [0.15, 0.2) is 6.61 Å². The molecule has 0 saturated carbocycles. The van der Waals surface area contributed by atoms with E-state index in [1.807, 2.05) is 6.07 Å². The molecule has 3 rings (SSSR count). The fourth-order valence-corrected chi connectivity index (χ4v) is 3.31. The second-order valence-electron chi connectivity index (χ2n) is 6.97. The number of halogens is 1. The highest BCUT2D eigenvalue weighted by Gasteiger charge is 2.16. The van der Waals surface area contributed by atoms with E-state index in [1.54, 1.807) is 12.1 Å². The zero-order valence-electron chi connectivity index (χ0n) is 16.1. The van der Waals surface area contributed by atoms with Gasteiger partial charge >= 0.3 is 0 Å². The summed E-state index contributed by atoms with van der Waals surface area (Å²) >= 11 is 0. The lowest BCUT2D eigenvalue weighted by Gasteiger charge is -2.36. The molecule has 2 aromatic rings. The third kappa shape index (κ3) is 6.53. The van der Waals surface area contributed by atoms with Gasteiger partial charge < -0.3 is 15.0 Å². The van der Waals surface area contributed by atoms with Crippen molar-refractivity contribution in [3.63, 3.8) is 0 Å². The summed E-state index contributed by atoms with van der Waals surface area (Å²) < 4.78 is 18.3. The normalized spacial score (nSPS) is 14.7. The number of ether oxygens (including phenoxy) is 1. The van der Waals surface area contributed by atoms with Crippen molar-refractivity contribution < 1.29 is 13.9 Å². The summed E-state index contributed by atoms with van der Waals surface area (Å²) in [4.78, 5) is 16.7. The van der Waals surface area contributed by atoms with Crippen LogP contribution in [-0.2, 0) is 4.79 Å². The molecule has 0 aliphatic carbocycles. The fraction of sp³-hybridized carbons (Fsp3) is 0.409. The Balaban J connectivity index is 1.23. The van der Waals surface area contributed by atoms with E-state index >= 15 is 0 Å². The lowest BCUT2D eigenvalue weighted by molar-refractivity contribution is -0.123. The van der Waals surface area contributed by atoms with Gasteiger partial charge in [-0.25, -0.2) is 4.39 Å². The molecular weight excluding hydrogens is 357 g/mol. The number of hydrogen-bond acceptors (Lipinski definition) is 4. The zero-order chi connectivity index (χ0) is 19.6. The van der Waals surface area contributed by atoms with Gasteiger partial charge in [0.2, 0.25) is 0 Å². The van der Waals surface area contributed by atoms with Crippen LogP contribution in [0.1, 0.15) is 12.8 Å². The van der Waals surface area contributed by atoms with Crippen molar-refractivity contribution in [2.24, 2.45) is 0 Å². The van der Waals surface area contributed by atoms with E-state index in [9.17, 15) is 9.18 Å². The number of nitrogens with zero attached hydrogens (tertiary/aromatic N) is 2. The molecule has 1 aliphatic heterocycles. The maximum Gasteiger partial charge on any atom is 0.257 e. The molecule has 6 heteroatoms. The van der Waals surface area contributed by atoms with Crippen LogP contribution in [-0.4, -0.2) is 56.7 Å². The first-order valence-electron chi connectivity index (χ1n) is 9.88. The van der Waals surface area contributed by atoms with Gasteiger partial charge in [0.05, 0.1) is 0 Å². The molecule has 1 amide bonds. The van der Waals surface area contributed by atoms with Gasteiger partial charge in [-0.2, -0.15) is 0 Å². The summed E-state index contributed by atoms with van der Waals surface area (Å²) in [7, 11) is 0. The summed E-state index contributed by atoms with van der Waals surface area (Å²) in [6, 6.07) is 16.3. The minimum atomic E-state index is -0.373. The van der Waals surface area contributed by atoms with Crippen molar-refractivity contribution in [1.82, 2.24) is 10.2 Å². The molecule has 0 radical (unpaired) electrons. The molecule has 0 atom stereocenters. The first-order chi connectivity index (χ1) is 13.7. The maximum absolute atomic E-state index is 13.1. The van der Waals surface area contributed by atoms with Gasteiger partial charge in [-0.15, -0.1) is 0 Å². The number of benzene rings is 2. The zero-order valence-corrected chi connectivity index (χ0v) is 16.1. The van der Waals surface area contributed by atoms with E-state index in [4.69, 9.17) is 4.74 Å². The molecule has 0 unspecified atom stereocenters. The van der Waals surface area contributed by atoms with E-state index in [0.717, 1.165) is 45.6 Å². The van der Waals surface area contributed by atoms with Crippen LogP contribution in [0.15, 0.2) is 54.6 Å². The van der Waals surface area contributed by atoms with Crippen molar-refractivity contribution in [1.29, 1.82) is 0 Å². The van der Waals surface area contributed by atoms with Crippen molar-refractivity contribution in [2.45, 2.75) is 12.8 Å². The predicted molar refractivity (Wildman–Crippen MR) is 109 cm³/mol. The first kappa shape index (κ1) is 20.1. The Morgan fingerprint density at radius 2 is 1.79 bits per heavy atom. The highest BCUT2D eigenvalue weighted by atomic mass is 19.1. The molecule has 1 aliphatic rings. The second kappa shape index (κ2) is 10.7. The third-order valence-corrected chi connectivity index (χ3v) is 4.88. The van der Waals surface area contributed by atoms with Gasteiger partial charge in [-0.1, -0.05) is 24.3 Å². The Morgan fingerprint density at radius 1 is 1.00 bits per heavy atom. The number of anilines is 1. The molecule has 28 heavy (non-hydrogen) atoms. The van der Waals surface area contributed by atoms with Gasteiger partial charge in [0.1, 0.15) is 11.6 Å². The number of unbranched alkanes of at least 4 members (excludes halogenated alkanes) is 1. The number of rotatable bonds is 9. The average Bonchev–Trinajstić information content (AvgIpc) is 2.73. The van der Waals surface area contributed by atoms with Gasteiger partial charge in [-0.3, -0.25) is 9.69 Å². The summed E-state index contributed by atoms with van der Waals surface area (Å²) in [5.41, 5.74) is 1.30. The van der Waals surface area contributed by atoms with Crippen molar-refractivity contribution in [3.05, 3.63) is 60.4 Å². The third-order valence-electron chi connectivity index (χ3n) is 4.88. The molecule has 1 fully saturated rings. The van der Waals surface area contributed by atoms with Crippen molar-refractivity contribution in [2.75, 3.05) is 50.8 Å². The smallest absolute Gasteiger partial charge is 0.257 e. The van der Waals surface area contributed by atoms with Crippen LogP contribution in [0.4, 0.5) is 10.1 Å². The first-order valence-corrected chi connectivity index (χ1v) is 9.88. The largest absolute Gasteiger partial charge is 0.484 e. The molecular formula is C22H28FN3O2. The van der Waals surface area contributed by atoms with Crippen molar-refractivity contribution in [3.8, 4) is 5.75 Å². The Hall–Kier alpha value is -2.60. The molecule has 2 aromatic carbocycles. The number of nitrogens with one attached hydrogen (secondary N) is 1. The quantitative estimate of drug-likeness (QED) is 0.674. The standard InChI is InChI=1S/C22H28FN3O2/c23-19-7-6-10-21(17-19)28-18-22(27)24-11-4-5-12-25-13-15-26(16-14-25)20-8-2-1-3-9-20/h1-3,6-10,17H,4-5,11-16,18H2,(H,24,27). The van der Waals surface area contributed by atoms with E-state index in [-0.39, 0.29) is 18.3 Å². The van der Waals surface area contributed by atoms with Gasteiger partial charge in [-0.05, 0) is 43.7 Å². The average molecular weight is 385 g/mol. The topological polar surface area (TPSA) is 44.8 Å². The predicted octanol–water partition coefficient (Wildman–Crippen LogP) is 2.92. The Bertz CT molecular complexity index is 734. The monoisotopic (exact) mass is 385 g/mol. The summed E-state index contributed by atoms with van der Waals surface area (Å²) in [6.07, 6.45) is 1.99. The lowest BCUT2D eigenvalue weighted by Crippen LogP contribution is -2.46. The highest BCUT2D eigenvalue weighted by molar-refractivity contribution is 5.77. The molecule has 150 valence electrons. The lowest BCUT2D eigenvalue weighted by atomic mass is 10.2. The fourth-order valence-electron chi connectivity index (χ4n) is 3.31. The van der Waals surface area contributed by atoms with E-state index in [1.165, 1.54) is 17.8 Å². The molecule has 0 spiro atoms. The molecule has 0 aromatic heterocycles. The summed E-state index contributed by atoms with van der Waals surface area (Å²) in [6.45, 7) is 5.85. The number of hydrogen-bond donors (Lipinski definition) is 1. The molecule has 0 bridgehead atoms. The highest BCUT2D eigenvalue weighted by Crippen LogP contribution is 2.15. The number of amides is 1. The Morgan fingerprint density at radius 3 is 2.54 bits per heavy atom. The van der Waals surface area contributed by atoms with E-state index in [2.05, 4.69) is 39.4 Å². The van der Waals surface area contributed by atoms with Crippen LogP contribution in [0.2, 0.25) is 0 Å². The molecule has 1 N–H and O–H groups in total. The van der Waals surface area contributed by atoms with E-state index < -0.39 is 0 Å². The minimum Gasteiger partial charge on any atom is -0.484 e. The van der Waals surface area contributed by atoms with Crippen LogP contribution in [0.25, 0.3) is 0 Å². The van der Waals surface area contributed by atoms with Gasteiger partial charge in [0, 0.05) is 44.5 Å². The van der Waals surface area contributed by atoms with Crippen molar-refractivity contribution >= 4 is 11.6 Å². The molecule has 1 saturated heterocycles. The van der Waals surface area contributed by atoms with E-state index in [0.29, 0.717) is 12.3 Å². The second-order valence-corrected chi connectivity index (χ2v) is 6.97.